The summed E-state index contributed by atoms with van der Waals surface area (Å²) in [6.07, 6.45) is 8.21. The first-order valence-electron chi connectivity index (χ1n) is 20.3. The molecule has 4 aliphatic carbocycles. The zero-order valence-corrected chi connectivity index (χ0v) is 32.3. The van der Waals surface area contributed by atoms with Gasteiger partial charge in [0.25, 0.3) is 0 Å². The summed E-state index contributed by atoms with van der Waals surface area (Å²) in [5.41, 5.74) is 21.0. The number of nitrogens with zero attached hydrogens (tertiary/aromatic N) is 1. The summed E-state index contributed by atoms with van der Waals surface area (Å²) in [6, 6.07) is 55.0. The molecule has 0 amide bonds. The second-order valence-electron chi connectivity index (χ2n) is 17.7. The molecule has 1 saturated carbocycles. The van der Waals surface area contributed by atoms with Gasteiger partial charge in [0.05, 0.1) is 11.2 Å². The lowest BCUT2D eigenvalue weighted by atomic mass is 9.76. The van der Waals surface area contributed by atoms with Crippen LogP contribution in [0.1, 0.15) is 79.0 Å². The number of hydrogen-bond donors (Lipinski definition) is 0. The van der Waals surface area contributed by atoms with Crippen molar-refractivity contribution in [3.05, 3.63) is 202 Å². The molecule has 1 heteroatoms. The molecule has 4 aliphatic rings. The first kappa shape index (κ1) is 32.7. The Morgan fingerprint density at radius 2 is 1.31 bits per heavy atom. The third kappa shape index (κ3) is 4.98. The fraction of sp³-hybridized carbons (Fsp3) is 0.222. The Balaban J connectivity index is 1.02. The summed E-state index contributed by atoms with van der Waals surface area (Å²) < 4.78 is 2.52. The third-order valence-electron chi connectivity index (χ3n) is 13.7. The van der Waals surface area contributed by atoms with E-state index in [2.05, 4.69) is 190 Å². The lowest BCUT2D eigenvalue weighted by Crippen LogP contribution is -2.20. The standard InChI is InChI=1S/C54H47N/c1-53(2)47-18-12-11-17-44(47)52-51(53)46-31-35(21-28-49(46)55(52)41-15-9-6-10-16-41)30-40(29-34-19-22-37(23-20-34)36-13-7-5-8-14-36)38-24-26-42-43-27-25-39-32-45(39)50(43)54(3,4)48(42)33-38/h5-28,31,33,39-40,45H,29-30,32H2,1-4H3/t39?,40?,45-/m1/s1. The SMILES string of the molecule is CC1(C)C2=C(C=CC3C[C@@H]23)c2ccc(C(Cc3ccc(-c4ccccc4)cc3)Cc3ccc4c(c3)c3c(n4-c4ccccc4)-c4ccccc4C3(C)C)cc21. The first-order chi connectivity index (χ1) is 26.8. The summed E-state index contributed by atoms with van der Waals surface area (Å²) in [5, 5.41) is 1.38. The molecule has 2 unspecified atom stereocenters. The Hall–Kier alpha value is -5.66. The van der Waals surface area contributed by atoms with Crippen molar-refractivity contribution in [2.24, 2.45) is 11.8 Å². The number of rotatable bonds is 7. The normalized spacial score (nSPS) is 19.8. The fourth-order valence-electron chi connectivity index (χ4n) is 10.9. The van der Waals surface area contributed by atoms with Crippen molar-refractivity contribution in [3.8, 4) is 28.1 Å². The summed E-state index contributed by atoms with van der Waals surface area (Å²) in [5.74, 6) is 1.82. The first-order valence-corrected chi connectivity index (χ1v) is 20.3. The monoisotopic (exact) mass is 709 g/mol. The van der Waals surface area contributed by atoms with Crippen LogP contribution in [0.3, 0.4) is 0 Å². The van der Waals surface area contributed by atoms with E-state index in [0.29, 0.717) is 5.92 Å². The van der Waals surface area contributed by atoms with Crippen molar-refractivity contribution in [1.29, 1.82) is 0 Å². The van der Waals surface area contributed by atoms with Gasteiger partial charge in [0.1, 0.15) is 0 Å². The minimum atomic E-state index is -0.102. The highest BCUT2D eigenvalue weighted by atomic mass is 15.0. The molecular weight excluding hydrogens is 663 g/mol. The zero-order valence-electron chi connectivity index (χ0n) is 32.3. The van der Waals surface area contributed by atoms with Gasteiger partial charge < -0.3 is 4.57 Å². The lowest BCUT2D eigenvalue weighted by Gasteiger charge is -2.27. The smallest absolute Gasteiger partial charge is 0.0584 e. The molecular formula is C54H47N. The van der Waals surface area contributed by atoms with Crippen molar-refractivity contribution >= 4 is 16.5 Å². The summed E-state index contributed by atoms with van der Waals surface area (Å²) >= 11 is 0. The van der Waals surface area contributed by atoms with Gasteiger partial charge in [-0.25, -0.2) is 0 Å². The molecule has 0 spiro atoms. The number of hydrogen-bond acceptors (Lipinski definition) is 0. The summed E-state index contributed by atoms with van der Waals surface area (Å²) in [6.45, 7) is 9.80. The number of fused-ring (bicyclic) bond motifs is 9. The Bertz CT molecular complexity index is 2720. The fourth-order valence-corrected chi connectivity index (χ4v) is 10.9. The molecule has 3 atom stereocenters. The van der Waals surface area contributed by atoms with Gasteiger partial charge in [0, 0.05) is 27.5 Å². The van der Waals surface area contributed by atoms with E-state index in [0.717, 1.165) is 24.7 Å². The summed E-state index contributed by atoms with van der Waals surface area (Å²) in [4.78, 5) is 0. The van der Waals surface area contributed by atoms with Gasteiger partial charge in [-0.3, -0.25) is 0 Å². The average Bonchev–Trinajstić information content (AvgIpc) is 3.80. The molecule has 268 valence electrons. The van der Waals surface area contributed by atoms with Gasteiger partial charge >= 0.3 is 0 Å². The van der Waals surface area contributed by atoms with E-state index in [9.17, 15) is 0 Å². The maximum absolute atomic E-state index is 2.60. The quantitative estimate of drug-likeness (QED) is 0.155. The number of para-hydroxylation sites is 1. The minimum Gasteiger partial charge on any atom is -0.309 e. The van der Waals surface area contributed by atoms with Crippen molar-refractivity contribution in [1.82, 2.24) is 4.57 Å². The van der Waals surface area contributed by atoms with E-state index >= 15 is 0 Å². The molecule has 1 nitrogen and oxygen atoms in total. The van der Waals surface area contributed by atoms with Gasteiger partial charge in [0.15, 0.2) is 0 Å². The average molecular weight is 710 g/mol. The van der Waals surface area contributed by atoms with Gasteiger partial charge in [-0.1, -0.05) is 161 Å². The van der Waals surface area contributed by atoms with E-state index in [4.69, 9.17) is 0 Å². The second-order valence-corrected chi connectivity index (χ2v) is 17.7. The van der Waals surface area contributed by atoms with E-state index in [-0.39, 0.29) is 10.8 Å². The molecule has 0 N–H and O–H groups in total. The highest BCUT2D eigenvalue weighted by molar-refractivity contribution is 5.99. The highest BCUT2D eigenvalue weighted by Crippen LogP contribution is 2.61. The van der Waals surface area contributed by atoms with Crippen molar-refractivity contribution in [2.75, 3.05) is 0 Å². The van der Waals surface area contributed by atoms with Crippen molar-refractivity contribution in [3.63, 3.8) is 0 Å². The Kier molecular flexibility index (Phi) is 7.10. The van der Waals surface area contributed by atoms with E-state index in [1.54, 1.807) is 5.57 Å². The van der Waals surface area contributed by atoms with Crippen LogP contribution in [0.25, 0.3) is 44.5 Å². The van der Waals surface area contributed by atoms with Crippen LogP contribution in [0.5, 0.6) is 0 Å². The molecule has 0 bridgehead atoms. The lowest BCUT2D eigenvalue weighted by molar-refractivity contribution is 0.588. The number of benzene rings is 6. The Labute approximate surface area is 325 Å². The number of aromatic nitrogens is 1. The van der Waals surface area contributed by atoms with Gasteiger partial charge in [-0.15, -0.1) is 0 Å². The van der Waals surface area contributed by atoms with Gasteiger partial charge in [-0.2, -0.15) is 0 Å². The van der Waals surface area contributed by atoms with Gasteiger partial charge in [0.2, 0.25) is 0 Å². The molecule has 0 saturated heterocycles. The molecule has 55 heavy (non-hydrogen) atoms. The zero-order chi connectivity index (χ0) is 37.1. The Morgan fingerprint density at radius 1 is 0.618 bits per heavy atom. The molecule has 6 aromatic carbocycles. The van der Waals surface area contributed by atoms with Crippen LogP contribution >= 0.6 is 0 Å². The van der Waals surface area contributed by atoms with E-state index in [1.807, 2.05) is 0 Å². The minimum absolute atomic E-state index is 0.0626. The predicted octanol–water partition coefficient (Wildman–Crippen LogP) is 13.4. The van der Waals surface area contributed by atoms with Crippen LogP contribution in [0.4, 0.5) is 0 Å². The molecule has 1 aromatic heterocycles. The topological polar surface area (TPSA) is 4.93 Å². The maximum Gasteiger partial charge on any atom is 0.0584 e. The maximum atomic E-state index is 2.60. The van der Waals surface area contributed by atoms with E-state index in [1.165, 1.54) is 89.9 Å². The molecule has 0 radical (unpaired) electrons. The van der Waals surface area contributed by atoms with Crippen LogP contribution < -0.4 is 0 Å². The molecule has 0 aliphatic heterocycles. The largest absolute Gasteiger partial charge is 0.309 e. The van der Waals surface area contributed by atoms with Gasteiger partial charge in [-0.05, 0) is 122 Å². The molecule has 1 heterocycles. The summed E-state index contributed by atoms with van der Waals surface area (Å²) in [7, 11) is 0. The van der Waals surface area contributed by atoms with Crippen LogP contribution in [-0.4, -0.2) is 4.57 Å². The van der Waals surface area contributed by atoms with E-state index < -0.39 is 0 Å². The van der Waals surface area contributed by atoms with Crippen LogP contribution in [0.2, 0.25) is 0 Å². The van der Waals surface area contributed by atoms with Crippen LogP contribution in [0, 0.1) is 11.8 Å². The van der Waals surface area contributed by atoms with Crippen LogP contribution in [-0.2, 0) is 23.7 Å². The van der Waals surface area contributed by atoms with Crippen LogP contribution in [0.15, 0.2) is 163 Å². The molecule has 1 fully saturated rings. The molecule has 11 rings (SSSR count). The third-order valence-corrected chi connectivity index (χ3v) is 13.7. The highest BCUT2D eigenvalue weighted by Gasteiger charge is 2.50. The number of allylic oxidation sites excluding steroid dienone is 4. The molecule has 7 aromatic rings. The second kappa shape index (κ2) is 11.9. The Morgan fingerprint density at radius 3 is 2.11 bits per heavy atom. The predicted molar refractivity (Wildman–Crippen MR) is 230 cm³/mol. The van der Waals surface area contributed by atoms with Crippen molar-refractivity contribution < 1.29 is 0 Å². The van der Waals surface area contributed by atoms with Crippen molar-refractivity contribution in [2.45, 2.75) is 63.7 Å².